The molecule has 1 aliphatic carbocycles. The third kappa shape index (κ3) is 4.69. The third-order valence-corrected chi connectivity index (χ3v) is 4.86. The van der Waals surface area contributed by atoms with Crippen molar-refractivity contribution < 1.29 is 14.3 Å². The van der Waals surface area contributed by atoms with Crippen LogP contribution in [0.5, 0.6) is 0 Å². The van der Waals surface area contributed by atoms with Gasteiger partial charge in [0.15, 0.2) is 0 Å². The summed E-state index contributed by atoms with van der Waals surface area (Å²) >= 11 is 7.28. The Hall–Kier alpha value is -1.11. The van der Waals surface area contributed by atoms with Crippen molar-refractivity contribution in [2.24, 2.45) is 0 Å². The molecule has 0 aliphatic heterocycles. The predicted octanol–water partition coefficient (Wildman–Crippen LogP) is 2.26. The number of carbonyl (C=O) groups is 2. The van der Waals surface area contributed by atoms with E-state index in [4.69, 9.17) is 16.3 Å². The van der Waals surface area contributed by atoms with Crippen LogP contribution in [0.15, 0.2) is 12.1 Å². The Morgan fingerprint density at radius 2 is 2.10 bits per heavy atom. The first-order valence-corrected chi connectivity index (χ1v) is 8.16. The molecule has 7 heteroatoms. The molecule has 2 N–H and O–H groups in total. The lowest BCUT2D eigenvalue weighted by molar-refractivity contribution is -0.139. The summed E-state index contributed by atoms with van der Waals surface area (Å²) in [6.07, 6.45) is 3.82. The van der Waals surface area contributed by atoms with Crippen LogP contribution in [-0.4, -0.2) is 31.5 Å². The molecule has 0 saturated heterocycles. The predicted molar refractivity (Wildman–Crippen MR) is 82.5 cm³/mol. The highest BCUT2D eigenvalue weighted by Gasteiger charge is 2.22. The summed E-state index contributed by atoms with van der Waals surface area (Å²) in [5.41, 5.74) is 0. The minimum Gasteiger partial charge on any atom is -0.374 e. The maximum Gasteiger partial charge on any atom is 0.309 e. The summed E-state index contributed by atoms with van der Waals surface area (Å²) in [6.45, 7) is 0.240. The van der Waals surface area contributed by atoms with E-state index in [1.165, 1.54) is 11.3 Å². The number of carbonyl (C=O) groups excluding carboxylic acids is 2. The van der Waals surface area contributed by atoms with Gasteiger partial charge in [-0.2, -0.15) is 0 Å². The zero-order chi connectivity index (χ0) is 15.2. The smallest absolute Gasteiger partial charge is 0.309 e. The van der Waals surface area contributed by atoms with E-state index in [-0.39, 0.29) is 18.7 Å². The molecule has 1 aromatic rings. The summed E-state index contributed by atoms with van der Waals surface area (Å²) in [5, 5.41) is 5.36. The number of nitrogens with one attached hydrogen (secondary N) is 2. The zero-order valence-electron chi connectivity index (χ0n) is 11.9. The van der Waals surface area contributed by atoms with E-state index in [0.29, 0.717) is 4.34 Å². The van der Waals surface area contributed by atoms with Gasteiger partial charge in [-0.25, -0.2) is 0 Å². The fourth-order valence-corrected chi connectivity index (χ4v) is 3.53. The molecule has 2 amide bonds. The van der Waals surface area contributed by atoms with E-state index in [9.17, 15) is 9.59 Å². The van der Waals surface area contributed by atoms with E-state index < -0.39 is 11.8 Å². The molecule has 1 saturated carbocycles. The van der Waals surface area contributed by atoms with Crippen molar-refractivity contribution in [3.63, 3.8) is 0 Å². The highest BCUT2D eigenvalue weighted by Crippen LogP contribution is 2.28. The molecule has 5 nitrogen and oxygen atoms in total. The van der Waals surface area contributed by atoms with Crippen molar-refractivity contribution in [1.82, 2.24) is 10.6 Å². The van der Waals surface area contributed by atoms with E-state index in [2.05, 4.69) is 10.6 Å². The van der Waals surface area contributed by atoms with E-state index in [1.54, 1.807) is 13.2 Å². The Kier molecular flexibility index (Phi) is 6.02. The summed E-state index contributed by atoms with van der Waals surface area (Å²) < 4.78 is 5.98. The minimum atomic E-state index is -0.619. The normalized spacial score (nSPS) is 16.7. The molecule has 1 heterocycles. The number of methoxy groups -OCH3 is 1. The lowest BCUT2D eigenvalue weighted by Crippen LogP contribution is -2.44. The zero-order valence-corrected chi connectivity index (χ0v) is 13.4. The fourth-order valence-electron chi connectivity index (χ4n) is 2.39. The van der Waals surface area contributed by atoms with Crippen LogP contribution in [0.25, 0.3) is 0 Å². The number of hydrogen-bond donors (Lipinski definition) is 2. The Morgan fingerprint density at radius 1 is 1.38 bits per heavy atom. The standard InChI is InChI=1S/C14H19ClN2O3S/c1-20-10(11-6-7-12(15)21-11)8-16-13(18)14(19)17-9-4-2-3-5-9/h6-7,9-10H,2-5,8H2,1H3,(H,16,18)(H,17,19). The molecule has 0 aromatic carbocycles. The van der Waals surface area contributed by atoms with Crippen molar-refractivity contribution in [2.75, 3.05) is 13.7 Å². The molecular weight excluding hydrogens is 312 g/mol. The number of rotatable bonds is 5. The van der Waals surface area contributed by atoms with Crippen LogP contribution < -0.4 is 10.6 Å². The first-order chi connectivity index (χ1) is 10.1. The van der Waals surface area contributed by atoms with Crippen LogP contribution in [0.2, 0.25) is 4.34 Å². The first kappa shape index (κ1) is 16.3. The lowest BCUT2D eigenvalue weighted by atomic mass is 10.2. The summed E-state index contributed by atoms with van der Waals surface area (Å²) in [7, 11) is 1.56. The highest BCUT2D eigenvalue weighted by molar-refractivity contribution is 7.16. The average molecular weight is 331 g/mol. The second kappa shape index (κ2) is 7.77. The van der Waals surface area contributed by atoms with Crippen molar-refractivity contribution in [2.45, 2.75) is 37.8 Å². The SMILES string of the molecule is COC(CNC(=O)C(=O)NC1CCCC1)c1ccc(Cl)s1. The van der Waals surface area contributed by atoms with Gasteiger partial charge in [0, 0.05) is 24.6 Å². The van der Waals surface area contributed by atoms with Gasteiger partial charge in [-0.15, -0.1) is 11.3 Å². The lowest BCUT2D eigenvalue weighted by Gasteiger charge is -2.15. The number of ether oxygens (including phenoxy) is 1. The molecular formula is C14H19ClN2O3S. The molecule has 116 valence electrons. The number of halogens is 1. The van der Waals surface area contributed by atoms with Gasteiger partial charge in [0.1, 0.15) is 6.10 Å². The van der Waals surface area contributed by atoms with E-state index in [1.807, 2.05) is 6.07 Å². The maximum atomic E-state index is 11.8. The fraction of sp³-hybridized carbons (Fsp3) is 0.571. The Morgan fingerprint density at radius 3 is 2.67 bits per heavy atom. The topological polar surface area (TPSA) is 67.4 Å². The summed E-state index contributed by atoms with van der Waals surface area (Å²) in [6, 6.07) is 3.77. The number of amides is 2. The molecule has 0 bridgehead atoms. The number of thiophene rings is 1. The van der Waals surface area contributed by atoms with Gasteiger partial charge in [0.2, 0.25) is 0 Å². The van der Waals surface area contributed by atoms with Crippen LogP contribution in [0, 0.1) is 0 Å². The second-order valence-electron chi connectivity index (χ2n) is 5.03. The summed E-state index contributed by atoms with van der Waals surface area (Å²) in [4.78, 5) is 24.5. The first-order valence-electron chi connectivity index (χ1n) is 6.97. The molecule has 1 aromatic heterocycles. The van der Waals surface area contributed by atoms with Gasteiger partial charge in [0.25, 0.3) is 0 Å². The van der Waals surface area contributed by atoms with Crippen LogP contribution >= 0.6 is 22.9 Å². The maximum absolute atomic E-state index is 11.8. The van der Waals surface area contributed by atoms with E-state index in [0.717, 1.165) is 30.6 Å². The molecule has 1 fully saturated rings. The Balaban J connectivity index is 1.80. The second-order valence-corrected chi connectivity index (χ2v) is 6.78. The van der Waals surface area contributed by atoms with Crippen molar-refractivity contribution in [3.05, 3.63) is 21.3 Å². The van der Waals surface area contributed by atoms with Crippen LogP contribution in [0.4, 0.5) is 0 Å². The highest BCUT2D eigenvalue weighted by atomic mass is 35.5. The van der Waals surface area contributed by atoms with Crippen molar-refractivity contribution in [3.8, 4) is 0 Å². The van der Waals surface area contributed by atoms with Gasteiger partial charge < -0.3 is 15.4 Å². The van der Waals surface area contributed by atoms with Gasteiger partial charge in [-0.3, -0.25) is 9.59 Å². The quantitative estimate of drug-likeness (QED) is 0.814. The average Bonchev–Trinajstić information content (AvgIpc) is 3.11. The minimum absolute atomic E-state index is 0.137. The summed E-state index contributed by atoms with van der Waals surface area (Å²) in [5.74, 6) is -1.19. The van der Waals surface area contributed by atoms with Crippen LogP contribution in [0.3, 0.4) is 0 Å². The number of hydrogen-bond acceptors (Lipinski definition) is 4. The van der Waals surface area contributed by atoms with Crippen LogP contribution in [-0.2, 0) is 14.3 Å². The molecule has 2 rings (SSSR count). The molecule has 1 unspecified atom stereocenters. The van der Waals surface area contributed by atoms with Gasteiger partial charge >= 0.3 is 11.8 Å². The van der Waals surface area contributed by atoms with Gasteiger partial charge in [0.05, 0.1) is 4.34 Å². The van der Waals surface area contributed by atoms with Gasteiger partial charge in [-0.05, 0) is 25.0 Å². The Labute approximate surface area is 133 Å². The largest absolute Gasteiger partial charge is 0.374 e. The molecule has 21 heavy (non-hydrogen) atoms. The molecule has 0 radical (unpaired) electrons. The van der Waals surface area contributed by atoms with E-state index >= 15 is 0 Å². The van der Waals surface area contributed by atoms with Crippen molar-refractivity contribution >= 4 is 34.8 Å². The Bertz CT molecular complexity index is 500. The monoisotopic (exact) mass is 330 g/mol. The van der Waals surface area contributed by atoms with Crippen molar-refractivity contribution in [1.29, 1.82) is 0 Å². The van der Waals surface area contributed by atoms with Crippen LogP contribution in [0.1, 0.15) is 36.7 Å². The molecule has 1 aliphatic rings. The molecule has 1 atom stereocenters. The molecule has 0 spiro atoms. The third-order valence-electron chi connectivity index (χ3n) is 3.54. The van der Waals surface area contributed by atoms with Gasteiger partial charge in [-0.1, -0.05) is 24.4 Å².